The van der Waals surface area contributed by atoms with Crippen LogP contribution in [0.15, 0.2) is 17.5 Å². The highest BCUT2D eigenvalue weighted by atomic mass is 35.5. The Morgan fingerprint density at radius 3 is 2.83 bits per heavy atom. The van der Waals surface area contributed by atoms with Crippen molar-refractivity contribution in [1.82, 2.24) is 4.98 Å². The van der Waals surface area contributed by atoms with E-state index in [1.165, 1.54) is 18.4 Å². The number of hydrogen-bond donors (Lipinski definition) is 1. The van der Waals surface area contributed by atoms with Crippen LogP contribution in [0.2, 0.25) is 5.02 Å². The number of carbonyl (C=O) groups excluding carboxylic acids is 1. The number of esters is 1. The van der Waals surface area contributed by atoms with Gasteiger partial charge in [0.15, 0.2) is 0 Å². The molecule has 7 heteroatoms. The Hall–Kier alpha value is -1.97. The molecule has 120 valence electrons. The number of hydrogen-bond acceptors (Lipinski definition) is 5. The van der Waals surface area contributed by atoms with E-state index in [2.05, 4.69) is 16.0 Å². The highest BCUT2D eigenvalue weighted by molar-refractivity contribution is 7.14. The van der Waals surface area contributed by atoms with Crippen LogP contribution in [0.4, 0.5) is 5.82 Å². The van der Waals surface area contributed by atoms with E-state index in [-0.39, 0.29) is 11.9 Å². The molecule has 0 atom stereocenters. The summed E-state index contributed by atoms with van der Waals surface area (Å²) in [5.74, 6) is 0.598. The summed E-state index contributed by atoms with van der Waals surface area (Å²) in [7, 11) is 1.42. The number of halogens is 1. The number of methoxy groups -OCH3 is 1. The van der Waals surface area contributed by atoms with Gasteiger partial charge in [0, 0.05) is 13.1 Å². The number of anilines is 1. The average Bonchev–Trinajstić information content (AvgIpc) is 3.19. The lowest BCUT2D eigenvalue weighted by atomic mass is 9.97. The van der Waals surface area contributed by atoms with Gasteiger partial charge in [-0.3, -0.25) is 4.79 Å². The molecular formula is C16H16ClN3O2S. The molecule has 0 aromatic carbocycles. The van der Waals surface area contributed by atoms with Crippen molar-refractivity contribution in [1.29, 1.82) is 5.26 Å². The van der Waals surface area contributed by atoms with Crippen LogP contribution in [-0.4, -0.2) is 31.2 Å². The number of rotatable bonds is 3. The molecule has 3 rings (SSSR count). The SMILES string of the molecule is COC(=O)C1CCN(c2[nH]c(-c3sccc3Cl)cc2C#N)CC1. The molecule has 1 saturated heterocycles. The number of aromatic amines is 1. The number of aromatic nitrogens is 1. The number of nitrogens with zero attached hydrogens (tertiary/aromatic N) is 2. The Labute approximate surface area is 143 Å². The number of piperidine rings is 1. The van der Waals surface area contributed by atoms with Crippen LogP contribution < -0.4 is 4.90 Å². The second kappa shape index (κ2) is 6.65. The molecule has 0 amide bonds. The number of thiophene rings is 1. The third kappa shape index (κ3) is 3.07. The van der Waals surface area contributed by atoms with E-state index in [9.17, 15) is 10.1 Å². The van der Waals surface area contributed by atoms with Gasteiger partial charge in [0.05, 0.1) is 34.2 Å². The van der Waals surface area contributed by atoms with Crippen molar-refractivity contribution in [3.05, 3.63) is 28.1 Å². The highest BCUT2D eigenvalue weighted by Gasteiger charge is 2.27. The van der Waals surface area contributed by atoms with Crippen LogP contribution in [0, 0.1) is 17.2 Å². The van der Waals surface area contributed by atoms with E-state index in [0.717, 1.165) is 29.2 Å². The molecule has 5 nitrogen and oxygen atoms in total. The molecular weight excluding hydrogens is 334 g/mol. The summed E-state index contributed by atoms with van der Waals surface area (Å²) in [6, 6.07) is 5.91. The quantitative estimate of drug-likeness (QED) is 0.858. The number of nitriles is 1. The zero-order valence-corrected chi connectivity index (χ0v) is 14.2. The molecule has 0 saturated carbocycles. The lowest BCUT2D eigenvalue weighted by Gasteiger charge is -2.31. The minimum atomic E-state index is -0.150. The molecule has 0 bridgehead atoms. The summed E-state index contributed by atoms with van der Waals surface area (Å²) in [5, 5.41) is 12.0. The average molecular weight is 350 g/mol. The summed E-state index contributed by atoms with van der Waals surface area (Å²) in [6.45, 7) is 1.43. The number of carbonyl (C=O) groups is 1. The molecule has 0 radical (unpaired) electrons. The maximum Gasteiger partial charge on any atom is 0.308 e. The zero-order chi connectivity index (χ0) is 16.4. The van der Waals surface area contributed by atoms with E-state index in [1.54, 1.807) is 0 Å². The van der Waals surface area contributed by atoms with E-state index in [0.29, 0.717) is 23.7 Å². The van der Waals surface area contributed by atoms with Crippen molar-refractivity contribution in [3.8, 4) is 16.6 Å². The topological polar surface area (TPSA) is 69.1 Å². The first-order valence-corrected chi connectivity index (χ1v) is 8.59. The van der Waals surface area contributed by atoms with Crippen molar-refractivity contribution in [2.24, 2.45) is 5.92 Å². The second-order valence-corrected chi connectivity index (χ2v) is 6.76. The van der Waals surface area contributed by atoms with Crippen LogP contribution in [0.1, 0.15) is 18.4 Å². The third-order valence-corrected chi connectivity index (χ3v) is 5.50. The van der Waals surface area contributed by atoms with Gasteiger partial charge >= 0.3 is 5.97 Å². The first kappa shape index (κ1) is 15.9. The molecule has 1 N–H and O–H groups in total. The van der Waals surface area contributed by atoms with E-state index < -0.39 is 0 Å². The summed E-state index contributed by atoms with van der Waals surface area (Å²) < 4.78 is 4.81. The molecule has 0 aliphatic carbocycles. The van der Waals surface area contributed by atoms with Gasteiger partial charge in [0.1, 0.15) is 11.9 Å². The molecule has 2 aromatic heterocycles. The van der Waals surface area contributed by atoms with Gasteiger partial charge in [0.25, 0.3) is 0 Å². The van der Waals surface area contributed by atoms with Crippen molar-refractivity contribution in [2.75, 3.05) is 25.1 Å². The van der Waals surface area contributed by atoms with Gasteiger partial charge in [-0.25, -0.2) is 0 Å². The van der Waals surface area contributed by atoms with Crippen LogP contribution in [0.3, 0.4) is 0 Å². The van der Waals surface area contributed by atoms with Crippen LogP contribution in [-0.2, 0) is 9.53 Å². The van der Waals surface area contributed by atoms with E-state index >= 15 is 0 Å². The lowest BCUT2D eigenvalue weighted by Crippen LogP contribution is -2.37. The monoisotopic (exact) mass is 349 g/mol. The van der Waals surface area contributed by atoms with Crippen LogP contribution in [0.5, 0.6) is 0 Å². The van der Waals surface area contributed by atoms with Gasteiger partial charge in [-0.15, -0.1) is 11.3 Å². The number of ether oxygens (including phenoxy) is 1. The molecule has 1 aliphatic rings. The molecule has 0 spiro atoms. The fourth-order valence-electron chi connectivity index (χ4n) is 2.89. The molecule has 1 aliphatic heterocycles. The summed E-state index contributed by atoms with van der Waals surface area (Å²) in [6.07, 6.45) is 1.46. The van der Waals surface area contributed by atoms with E-state index in [1.807, 2.05) is 17.5 Å². The first-order chi connectivity index (χ1) is 11.1. The third-order valence-electron chi connectivity index (χ3n) is 4.12. The molecule has 3 heterocycles. The number of H-pyrrole nitrogens is 1. The standard InChI is InChI=1S/C16H16ClN3O2S/c1-22-16(21)10-2-5-20(6-3-10)15-11(9-18)8-13(19-15)14-12(17)4-7-23-14/h4,7-8,10,19H,2-3,5-6H2,1H3. The summed E-state index contributed by atoms with van der Waals surface area (Å²) >= 11 is 7.71. The molecule has 0 unspecified atom stereocenters. The van der Waals surface area contributed by atoms with Gasteiger partial charge in [-0.1, -0.05) is 11.6 Å². The van der Waals surface area contributed by atoms with Gasteiger partial charge in [-0.05, 0) is 30.4 Å². The maximum absolute atomic E-state index is 11.6. The Balaban J connectivity index is 1.81. The predicted octanol–water partition coefficient (Wildman–Crippen LogP) is 3.66. The largest absolute Gasteiger partial charge is 0.469 e. The van der Waals surface area contributed by atoms with Gasteiger partial charge in [0.2, 0.25) is 0 Å². The minimum absolute atomic E-state index is 0.0528. The van der Waals surface area contributed by atoms with Crippen LogP contribution in [0.25, 0.3) is 10.6 Å². The fourth-order valence-corrected chi connectivity index (χ4v) is 4.02. The Bertz CT molecular complexity index is 754. The van der Waals surface area contributed by atoms with Crippen molar-refractivity contribution in [3.63, 3.8) is 0 Å². The van der Waals surface area contributed by atoms with Gasteiger partial charge in [-0.2, -0.15) is 5.26 Å². The molecule has 1 fully saturated rings. The van der Waals surface area contributed by atoms with Crippen molar-refractivity contribution in [2.45, 2.75) is 12.8 Å². The molecule has 2 aromatic rings. The predicted molar refractivity (Wildman–Crippen MR) is 90.8 cm³/mol. The van der Waals surface area contributed by atoms with E-state index in [4.69, 9.17) is 16.3 Å². The van der Waals surface area contributed by atoms with Gasteiger partial charge < -0.3 is 14.6 Å². The smallest absolute Gasteiger partial charge is 0.308 e. The van der Waals surface area contributed by atoms with Crippen molar-refractivity contribution >= 4 is 34.7 Å². The van der Waals surface area contributed by atoms with Crippen LogP contribution >= 0.6 is 22.9 Å². The molecule has 23 heavy (non-hydrogen) atoms. The summed E-state index contributed by atoms with van der Waals surface area (Å²) in [4.78, 5) is 18.0. The second-order valence-electron chi connectivity index (χ2n) is 5.44. The van der Waals surface area contributed by atoms with Crippen molar-refractivity contribution < 1.29 is 9.53 Å². The first-order valence-electron chi connectivity index (χ1n) is 7.33. The maximum atomic E-state index is 11.6. The Morgan fingerprint density at radius 2 is 2.26 bits per heavy atom. The summed E-state index contributed by atoms with van der Waals surface area (Å²) in [5.41, 5.74) is 1.45. The normalized spacial score (nSPS) is 15.4. The minimum Gasteiger partial charge on any atom is -0.469 e. The highest BCUT2D eigenvalue weighted by Crippen LogP contribution is 2.36. The number of nitrogens with one attached hydrogen (secondary N) is 1. The Kier molecular flexibility index (Phi) is 4.60. The lowest BCUT2D eigenvalue weighted by molar-refractivity contribution is -0.146. The Morgan fingerprint density at radius 1 is 1.52 bits per heavy atom. The zero-order valence-electron chi connectivity index (χ0n) is 12.6. The fraction of sp³-hybridized carbons (Fsp3) is 0.375.